The molecule has 0 fully saturated rings. The van der Waals surface area contributed by atoms with Gasteiger partial charge in [-0.3, -0.25) is 0 Å². The average molecular weight is 248 g/mol. The third-order valence-electron chi connectivity index (χ3n) is 2.51. The Hall–Kier alpha value is -1.33. The van der Waals surface area contributed by atoms with Crippen LogP contribution in [0.3, 0.4) is 0 Å². The Balaban J connectivity index is 2.12. The van der Waals surface area contributed by atoms with Gasteiger partial charge in [0.15, 0.2) is 0 Å². The zero-order valence-corrected chi connectivity index (χ0v) is 10.7. The summed E-state index contributed by atoms with van der Waals surface area (Å²) in [5.41, 5.74) is 7.50. The molecule has 0 bridgehead atoms. The largest absolute Gasteiger partial charge is 0.330 e. The number of hydrogen-bond acceptors (Lipinski definition) is 4. The fourth-order valence-corrected chi connectivity index (χ4v) is 1.97. The van der Waals surface area contributed by atoms with Crippen LogP contribution in [-0.2, 0) is 6.42 Å². The van der Waals surface area contributed by atoms with Crippen LogP contribution >= 0.6 is 11.8 Å². The monoisotopic (exact) mass is 248 g/mol. The maximum Gasteiger partial charge on any atom is 0.0832 e. The van der Waals surface area contributed by atoms with Gasteiger partial charge in [-0.05, 0) is 49.9 Å². The van der Waals surface area contributed by atoms with E-state index >= 15 is 0 Å². The molecule has 0 amide bonds. The summed E-state index contributed by atoms with van der Waals surface area (Å²) >= 11 is 1.73. The Kier molecular flexibility index (Phi) is 4.17. The van der Waals surface area contributed by atoms with E-state index < -0.39 is 0 Å². The number of hydrogen-bond donors (Lipinski definition) is 1. The predicted molar refractivity (Wildman–Crippen MR) is 70.5 cm³/mol. The average Bonchev–Trinajstić information content (AvgIpc) is 2.85. The quantitative estimate of drug-likeness (QED) is 0.821. The molecule has 0 aliphatic carbocycles. The van der Waals surface area contributed by atoms with Crippen molar-refractivity contribution < 1.29 is 0 Å². The van der Waals surface area contributed by atoms with Crippen LogP contribution in [0.15, 0.2) is 35.4 Å². The molecule has 90 valence electrons. The number of rotatable bonds is 5. The highest BCUT2D eigenvalue weighted by Gasteiger charge is 2.02. The van der Waals surface area contributed by atoms with E-state index in [4.69, 9.17) is 5.73 Å². The first-order valence-electron chi connectivity index (χ1n) is 5.59. The van der Waals surface area contributed by atoms with Gasteiger partial charge in [0, 0.05) is 4.90 Å². The lowest BCUT2D eigenvalue weighted by Crippen LogP contribution is -2.00. The second kappa shape index (κ2) is 5.84. The Morgan fingerprint density at radius 2 is 2.06 bits per heavy atom. The number of nitrogens with two attached hydrogens (primary N) is 1. The fourth-order valence-electron chi connectivity index (χ4n) is 1.56. The normalized spacial score (nSPS) is 10.7. The lowest BCUT2D eigenvalue weighted by Gasteiger charge is -2.00. The minimum Gasteiger partial charge on any atom is -0.330 e. The summed E-state index contributed by atoms with van der Waals surface area (Å²) < 4.78 is 1.80. The molecule has 0 saturated carbocycles. The molecule has 0 atom stereocenters. The summed E-state index contributed by atoms with van der Waals surface area (Å²) in [7, 11) is 0. The Bertz CT molecular complexity index is 464. The van der Waals surface area contributed by atoms with Crippen molar-refractivity contribution in [1.29, 1.82) is 0 Å². The summed E-state index contributed by atoms with van der Waals surface area (Å²) in [6.45, 7) is 0.690. The van der Waals surface area contributed by atoms with Crippen molar-refractivity contribution in [2.24, 2.45) is 5.73 Å². The fraction of sp³-hybridized carbons (Fsp3) is 0.333. The van der Waals surface area contributed by atoms with E-state index in [0.29, 0.717) is 6.54 Å². The van der Waals surface area contributed by atoms with Crippen LogP contribution in [-0.4, -0.2) is 27.8 Å². The molecule has 4 nitrogen and oxygen atoms in total. The standard InChI is InChI=1S/C12H16N4S/c1-17-12-6-4-11(5-7-12)16-9-10(14-15-16)3-2-8-13/h4-7,9H,2-3,8,13H2,1H3. The summed E-state index contributed by atoms with van der Waals surface area (Å²) in [5.74, 6) is 0. The molecule has 0 unspecified atom stereocenters. The van der Waals surface area contributed by atoms with Gasteiger partial charge < -0.3 is 5.73 Å². The summed E-state index contributed by atoms with van der Waals surface area (Å²) in [6, 6.07) is 8.27. The van der Waals surface area contributed by atoms with Crippen LogP contribution in [0, 0.1) is 0 Å². The van der Waals surface area contributed by atoms with E-state index in [1.54, 1.807) is 16.4 Å². The number of aromatic nitrogens is 3. The van der Waals surface area contributed by atoms with Gasteiger partial charge in [-0.1, -0.05) is 5.21 Å². The summed E-state index contributed by atoms with van der Waals surface area (Å²) in [5, 5.41) is 8.24. The van der Waals surface area contributed by atoms with Crippen LogP contribution in [0.25, 0.3) is 5.69 Å². The van der Waals surface area contributed by atoms with Crippen molar-refractivity contribution in [1.82, 2.24) is 15.0 Å². The van der Waals surface area contributed by atoms with Crippen LogP contribution in [0.4, 0.5) is 0 Å². The molecule has 5 heteroatoms. The van der Waals surface area contributed by atoms with Gasteiger partial charge in [0.2, 0.25) is 0 Å². The van der Waals surface area contributed by atoms with Crippen LogP contribution < -0.4 is 5.73 Å². The first kappa shape index (κ1) is 12.1. The highest BCUT2D eigenvalue weighted by molar-refractivity contribution is 7.98. The number of thioether (sulfide) groups is 1. The van der Waals surface area contributed by atoms with E-state index in [1.165, 1.54) is 4.90 Å². The number of nitrogens with zero attached hydrogens (tertiary/aromatic N) is 3. The third kappa shape index (κ3) is 3.08. The molecule has 2 aromatic rings. The van der Waals surface area contributed by atoms with Gasteiger partial charge in [-0.15, -0.1) is 16.9 Å². The lowest BCUT2D eigenvalue weighted by atomic mass is 10.2. The highest BCUT2D eigenvalue weighted by Crippen LogP contribution is 2.16. The van der Waals surface area contributed by atoms with E-state index in [-0.39, 0.29) is 0 Å². The SMILES string of the molecule is CSc1ccc(-n2cc(CCCN)nn2)cc1. The van der Waals surface area contributed by atoms with Crippen LogP contribution in [0.1, 0.15) is 12.1 Å². The van der Waals surface area contributed by atoms with Crippen molar-refractivity contribution in [2.45, 2.75) is 17.7 Å². The van der Waals surface area contributed by atoms with Crippen molar-refractivity contribution in [3.05, 3.63) is 36.2 Å². The van der Waals surface area contributed by atoms with Gasteiger partial charge in [-0.25, -0.2) is 4.68 Å². The maximum atomic E-state index is 5.47. The first-order valence-corrected chi connectivity index (χ1v) is 6.81. The maximum absolute atomic E-state index is 5.47. The molecular formula is C12H16N4S. The molecule has 0 aliphatic heterocycles. The van der Waals surface area contributed by atoms with E-state index in [0.717, 1.165) is 24.2 Å². The zero-order chi connectivity index (χ0) is 12.1. The van der Waals surface area contributed by atoms with E-state index in [2.05, 4.69) is 28.7 Å². The summed E-state index contributed by atoms with van der Waals surface area (Å²) in [4.78, 5) is 1.25. The second-order valence-electron chi connectivity index (χ2n) is 3.74. The predicted octanol–water partition coefficient (Wildman–Crippen LogP) is 1.88. The molecule has 1 aromatic heterocycles. The van der Waals surface area contributed by atoms with Crippen molar-refractivity contribution in [3.8, 4) is 5.69 Å². The van der Waals surface area contributed by atoms with Gasteiger partial charge in [-0.2, -0.15) is 0 Å². The highest BCUT2D eigenvalue weighted by atomic mass is 32.2. The zero-order valence-electron chi connectivity index (χ0n) is 9.84. The number of benzene rings is 1. The Labute approximate surface area is 105 Å². The smallest absolute Gasteiger partial charge is 0.0832 e. The lowest BCUT2D eigenvalue weighted by molar-refractivity contribution is 0.778. The van der Waals surface area contributed by atoms with E-state index in [1.807, 2.05) is 18.3 Å². The molecule has 0 aliphatic rings. The van der Waals surface area contributed by atoms with Crippen molar-refractivity contribution in [3.63, 3.8) is 0 Å². The number of aryl methyl sites for hydroxylation is 1. The minimum atomic E-state index is 0.690. The second-order valence-corrected chi connectivity index (χ2v) is 4.62. The third-order valence-corrected chi connectivity index (χ3v) is 3.26. The van der Waals surface area contributed by atoms with Crippen LogP contribution in [0.2, 0.25) is 0 Å². The first-order chi connectivity index (χ1) is 8.33. The molecular weight excluding hydrogens is 232 g/mol. The Morgan fingerprint density at radius 3 is 2.71 bits per heavy atom. The van der Waals surface area contributed by atoms with Gasteiger partial charge >= 0.3 is 0 Å². The van der Waals surface area contributed by atoms with Crippen LogP contribution in [0.5, 0.6) is 0 Å². The molecule has 1 aromatic carbocycles. The summed E-state index contributed by atoms with van der Waals surface area (Å²) in [6.07, 6.45) is 5.86. The molecule has 0 spiro atoms. The van der Waals surface area contributed by atoms with Crippen molar-refractivity contribution >= 4 is 11.8 Å². The van der Waals surface area contributed by atoms with Gasteiger partial charge in [0.05, 0.1) is 17.6 Å². The molecule has 0 radical (unpaired) electrons. The minimum absolute atomic E-state index is 0.690. The van der Waals surface area contributed by atoms with Gasteiger partial charge in [0.1, 0.15) is 0 Å². The molecule has 17 heavy (non-hydrogen) atoms. The molecule has 0 saturated heterocycles. The molecule has 2 rings (SSSR count). The molecule has 1 heterocycles. The van der Waals surface area contributed by atoms with E-state index in [9.17, 15) is 0 Å². The van der Waals surface area contributed by atoms with Gasteiger partial charge in [0.25, 0.3) is 0 Å². The Morgan fingerprint density at radius 1 is 1.29 bits per heavy atom. The topological polar surface area (TPSA) is 56.7 Å². The molecule has 2 N–H and O–H groups in total. The van der Waals surface area contributed by atoms with Crippen molar-refractivity contribution in [2.75, 3.05) is 12.8 Å².